The first-order chi connectivity index (χ1) is 10.7. The molecule has 22 heavy (non-hydrogen) atoms. The second-order valence-electron chi connectivity index (χ2n) is 5.96. The van der Waals surface area contributed by atoms with Crippen molar-refractivity contribution < 1.29 is 4.79 Å². The lowest BCUT2D eigenvalue weighted by molar-refractivity contribution is -0.132. The monoisotopic (exact) mass is 319 g/mol. The Morgan fingerprint density at radius 2 is 2.14 bits per heavy atom. The van der Waals surface area contributed by atoms with Crippen LogP contribution in [0.3, 0.4) is 0 Å². The van der Waals surface area contributed by atoms with E-state index in [0.29, 0.717) is 17.5 Å². The van der Waals surface area contributed by atoms with Gasteiger partial charge < -0.3 is 14.8 Å². The molecule has 6 nitrogen and oxygen atoms in total. The smallest absolute Gasteiger partial charge is 0.242 e. The highest BCUT2D eigenvalue weighted by Crippen LogP contribution is 2.40. The summed E-state index contributed by atoms with van der Waals surface area (Å²) >= 11 is 6.01. The van der Waals surface area contributed by atoms with E-state index in [1.165, 1.54) is 0 Å². The highest BCUT2D eigenvalue weighted by Gasteiger charge is 2.31. The van der Waals surface area contributed by atoms with E-state index in [2.05, 4.69) is 15.3 Å². The quantitative estimate of drug-likeness (QED) is 0.928. The number of fused-ring (bicyclic) bond motifs is 1. The minimum Gasteiger partial charge on any atom is -0.339 e. The number of carbonyl (C=O) groups is 1. The predicted molar refractivity (Wildman–Crippen MR) is 84.0 cm³/mol. The molecule has 2 aliphatic rings. The van der Waals surface area contributed by atoms with Crippen LogP contribution in [0.5, 0.6) is 0 Å². The van der Waals surface area contributed by atoms with Gasteiger partial charge in [-0.05, 0) is 18.9 Å². The van der Waals surface area contributed by atoms with E-state index in [9.17, 15) is 4.79 Å². The van der Waals surface area contributed by atoms with E-state index < -0.39 is 0 Å². The Balaban J connectivity index is 1.67. The lowest BCUT2D eigenvalue weighted by Gasteiger charge is -2.27. The van der Waals surface area contributed by atoms with Gasteiger partial charge >= 0.3 is 0 Å². The number of nitrogens with zero attached hydrogens (tertiary/aromatic N) is 4. The zero-order valence-electron chi connectivity index (χ0n) is 12.3. The minimum atomic E-state index is 0.138. The molecule has 0 spiro atoms. The van der Waals surface area contributed by atoms with Crippen LogP contribution in [0.1, 0.15) is 24.6 Å². The van der Waals surface area contributed by atoms with Gasteiger partial charge in [-0.25, -0.2) is 9.97 Å². The van der Waals surface area contributed by atoms with Gasteiger partial charge in [0.05, 0.1) is 5.02 Å². The molecule has 2 aromatic rings. The number of nitrogens with one attached hydrogen (secondary N) is 1. The van der Waals surface area contributed by atoms with Crippen LogP contribution in [0, 0.1) is 0 Å². The van der Waals surface area contributed by atoms with Crippen molar-refractivity contribution in [1.82, 2.24) is 24.8 Å². The van der Waals surface area contributed by atoms with Crippen LogP contribution < -0.4 is 5.32 Å². The van der Waals surface area contributed by atoms with Crippen molar-refractivity contribution in [2.24, 2.45) is 0 Å². The van der Waals surface area contributed by atoms with Gasteiger partial charge in [-0.15, -0.1) is 0 Å². The van der Waals surface area contributed by atoms with Crippen molar-refractivity contribution in [1.29, 1.82) is 0 Å². The highest BCUT2D eigenvalue weighted by atomic mass is 35.5. The fourth-order valence-electron chi connectivity index (χ4n) is 2.96. The van der Waals surface area contributed by atoms with Gasteiger partial charge in [-0.3, -0.25) is 4.79 Å². The fourth-order valence-corrected chi connectivity index (χ4v) is 3.11. The first-order valence-corrected chi connectivity index (χ1v) is 8.10. The molecule has 116 valence electrons. The van der Waals surface area contributed by atoms with E-state index in [0.717, 1.165) is 56.0 Å². The highest BCUT2D eigenvalue weighted by molar-refractivity contribution is 6.31. The molecule has 1 saturated heterocycles. The molecule has 7 heteroatoms. The Morgan fingerprint density at radius 3 is 2.86 bits per heavy atom. The van der Waals surface area contributed by atoms with Crippen molar-refractivity contribution in [2.45, 2.75) is 25.3 Å². The molecule has 0 atom stereocenters. The van der Waals surface area contributed by atoms with E-state index >= 15 is 0 Å². The first-order valence-electron chi connectivity index (χ1n) is 7.72. The van der Waals surface area contributed by atoms with Gasteiger partial charge in [0.25, 0.3) is 0 Å². The number of halogens is 1. The van der Waals surface area contributed by atoms with Gasteiger partial charge in [0, 0.05) is 38.3 Å². The predicted octanol–water partition coefficient (Wildman–Crippen LogP) is 1.39. The lowest BCUT2D eigenvalue weighted by atomic mass is 10.3. The van der Waals surface area contributed by atoms with Crippen LogP contribution in [0.2, 0.25) is 5.02 Å². The number of rotatable bonds is 3. The zero-order valence-corrected chi connectivity index (χ0v) is 13.0. The van der Waals surface area contributed by atoms with Gasteiger partial charge in [0.1, 0.15) is 17.9 Å². The molecule has 1 amide bonds. The molecule has 0 radical (unpaired) electrons. The molecule has 2 fully saturated rings. The number of hydrogen-bond acceptors (Lipinski definition) is 4. The maximum atomic E-state index is 12.6. The summed E-state index contributed by atoms with van der Waals surface area (Å²) in [5.41, 5.74) is 1.54. The summed E-state index contributed by atoms with van der Waals surface area (Å²) in [5.74, 6) is 1.58. The van der Waals surface area contributed by atoms with Crippen molar-refractivity contribution >= 4 is 28.7 Å². The first kappa shape index (κ1) is 14.0. The number of piperazine rings is 1. The van der Waals surface area contributed by atoms with Crippen LogP contribution in [-0.4, -0.2) is 51.5 Å². The van der Waals surface area contributed by atoms with Crippen molar-refractivity contribution in [3.63, 3.8) is 0 Å². The molecule has 0 aromatic carbocycles. The third kappa shape index (κ3) is 2.57. The summed E-state index contributed by atoms with van der Waals surface area (Å²) in [5, 5.41) is 3.84. The van der Waals surface area contributed by atoms with E-state index in [-0.39, 0.29) is 5.91 Å². The third-order valence-corrected chi connectivity index (χ3v) is 4.49. The fraction of sp³-hybridized carbons (Fsp3) is 0.533. The maximum absolute atomic E-state index is 12.6. The van der Waals surface area contributed by atoms with E-state index in [4.69, 9.17) is 11.6 Å². The Kier molecular flexibility index (Phi) is 3.50. The molecule has 4 rings (SSSR count). The molecule has 1 aliphatic carbocycles. The second kappa shape index (κ2) is 5.52. The minimum absolute atomic E-state index is 0.138. The summed E-state index contributed by atoms with van der Waals surface area (Å²) in [6, 6.07) is 1.82. The van der Waals surface area contributed by atoms with E-state index in [1.807, 2.05) is 15.5 Å². The summed E-state index contributed by atoms with van der Waals surface area (Å²) < 4.78 is 1.98. The van der Waals surface area contributed by atoms with Crippen molar-refractivity contribution in [2.75, 3.05) is 26.2 Å². The topological polar surface area (TPSA) is 63.1 Å². The van der Waals surface area contributed by atoms with Crippen LogP contribution in [0.25, 0.3) is 11.2 Å². The normalized spacial score (nSPS) is 18.9. The second-order valence-corrected chi connectivity index (χ2v) is 6.39. The molecular formula is C15H18ClN5O. The summed E-state index contributed by atoms with van der Waals surface area (Å²) in [6.45, 7) is 3.57. The van der Waals surface area contributed by atoms with Crippen LogP contribution in [0.15, 0.2) is 12.3 Å². The van der Waals surface area contributed by atoms with Gasteiger partial charge in [0.15, 0.2) is 5.65 Å². The number of pyridine rings is 1. The number of aromatic nitrogens is 3. The van der Waals surface area contributed by atoms with Crippen LogP contribution in [-0.2, 0) is 11.3 Å². The van der Waals surface area contributed by atoms with Crippen LogP contribution in [0.4, 0.5) is 0 Å². The molecule has 3 heterocycles. The number of hydrogen-bond donors (Lipinski definition) is 1. The summed E-state index contributed by atoms with van der Waals surface area (Å²) in [6.07, 6.45) is 3.89. The standard InChI is InChI=1S/C15H18ClN5O/c16-11-7-12-15(18-8-11)21(14(19-12)10-1-2-10)9-13(22)20-5-3-17-4-6-20/h7-8,10,17H,1-6,9H2. The summed E-state index contributed by atoms with van der Waals surface area (Å²) in [4.78, 5) is 23.5. The average Bonchev–Trinajstić information content (AvgIpc) is 3.32. The lowest BCUT2D eigenvalue weighted by Crippen LogP contribution is -2.47. The third-order valence-electron chi connectivity index (χ3n) is 4.29. The van der Waals surface area contributed by atoms with E-state index in [1.54, 1.807) is 6.20 Å². The molecule has 1 N–H and O–H groups in total. The molecule has 2 aromatic heterocycles. The Hall–Kier alpha value is -1.66. The van der Waals surface area contributed by atoms with Crippen molar-refractivity contribution in [3.05, 3.63) is 23.1 Å². The average molecular weight is 320 g/mol. The van der Waals surface area contributed by atoms with Gasteiger partial charge in [-0.2, -0.15) is 0 Å². The zero-order chi connectivity index (χ0) is 15.1. The maximum Gasteiger partial charge on any atom is 0.242 e. The Labute approximate surface area is 133 Å². The Morgan fingerprint density at radius 1 is 1.36 bits per heavy atom. The number of imidazole rings is 1. The van der Waals surface area contributed by atoms with Crippen LogP contribution >= 0.6 is 11.6 Å². The van der Waals surface area contributed by atoms with Crippen molar-refractivity contribution in [3.8, 4) is 0 Å². The molecular weight excluding hydrogens is 302 g/mol. The summed E-state index contributed by atoms with van der Waals surface area (Å²) in [7, 11) is 0. The Bertz CT molecular complexity index is 718. The van der Waals surface area contributed by atoms with Gasteiger partial charge in [0.2, 0.25) is 5.91 Å². The SMILES string of the molecule is O=C(Cn1c(C2CC2)nc2cc(Cl)cnc21)N1CCNCC1. The number of carbonyl (C=O) groups excluding carboxylic acids is 1. The largest absolute Gasteiger partial charge is 0.339 e. The molecule has 1 saturated carbocycles. The molecule has 0 bridgehead atoms. The molecule has 1 aliphatic heterocycles. The molecule has 0 unspecified atom stereocenters. The van der Waals surface area contributed by atoms with Gasteiger partial charge in [-0.1, -0.05) is 11.6 Å². The number of amides is 1.